The monoisotopic (exact) mass is 299 g/mol. The van der Waals surface area contributed by atoms with E-state index in [1.807, 2.05) is 12.4 Å². The minimum Gasteiger partial charge on any atom is -0.315 e. The molecule has 0 bridgehead atoms. The average molecular weight is 301 g/mol. The summed E-state index contributed by atoms with van der Waals surface area (Å²) >= 11 is 0. The summed E-state index contributed by atoms with van der Waals surface area (Å²) in [4.78, 5) is 4.00. The molecule has 6 heteroatoms. The summed E-state index contributed by atoms with van der Waals surface area (Å²) in [5.74, 6) is 0. The van der Waals surface area contributed by atoms with Gasteiger partial charge in [0.15, 0.2) is 0 Å². The molecular weight excluding hydrogens is 281 g/mol. The molecule has 1 aliphatic heterocycles. The highest BCUT2D eigenvalue weighted by Crippen LogP contribution is 2.03. The largest absolute Gasteiger partial charge is 0.315 e. The van der Waals surface area contributed by atoms with Crippen LogP contribution in [0.1, 0.15) is 18.4 Å². The summed E-state index contributed by atoms with van der Waals surface area (Å²) in [5, 5.41) is 6.94. The molecule has 100 valence electrons. The Kier molecular flexibility index (Phi) is 12.5. The lowest BCUT2D eigenvalue weighted by Crippen LogP contribution is -2.42. The van der Waals surface area contributed by atoms with Gasteiger partial charge in [-0.3, -0.25) is 4.98 Å². The number of rotatable bonds is 3. The van der Waals surface area contributed by atoms with Gasteiger partial charge in [0.25, 0.3) is 0 Å². The van der Waals surface area contributed by atoms with Gasteiger partial charge in [0, 0.05) is 31.5 Å². The molecule has 0 radical (unpaired) electrons. The molecule has 2 heterocycles. The van der Waals surface area contributed by atoms with Crippen LogP contribution >= 0.6 is 37.2 Å². The van der Waals surface area contributed by atoms with Crippen molar-refractivity contribution in [1.29, 1.82) is 0 Å². The third-order valence-corrected chi connectivity index (χ3v) is 2.64. The van der Waals surface area contributed by atoms with Gasteiger partial charge < -0.3 is 10.6 Å². The number of hydrogen-bond donors (Lipinski definition) is 2. The van der Waals surface area contributed by atoms with Crippen LogP contribution in [-0.2, 0) is 6.54 Å². The Hall–Kier alpha value is -0.0600. The average Bonchev–Trinajstić information content (AvgIpc) is 2.29. The molecule has 0 amide bonds. The van der Waals surface area contributed by atoms with Crippen LogP contribution in [0.3, 0.4) is 0 Å². The van der Waals surface area contributed by atoms with E-state index >= 15 is 0 Å². The van der Waals surface area contributed by atoms with E-state index in [4.69, 9.17) is 0 Å². The van der Waals surface area contributed by atoms with Gasteiger partial charge in [-0.1, -0.05) is 0 Å². The van der Waals surface area contributed by atoms with E-state index in [1.54, 1.807) is 0 Å². The molecule has 3 nitrogen and oxygen atoms in total. The maximum atomic E-state index is 4.00. The maximum absolute atomic E-state index is 4.00. The fourth-order valence-electron chi connectivity index (χ4n) is 1.79. The van der Waals surface area contributed by atoms with Crippen molar-refractivity contribution in [1.82, 2.24) is 15.6 Å². The Morgan fingerprint density at radius 3 is 2.53 bits per heavy atom. The second kappa shape index (κ2) is 11.1. The fourth-order valence-corrected chi connectivity index (χ4v) is 1.79. The van der Waals surface area contributed by atoms with E-state index in [0.717, 1.165) is 13.1 Å². The summed E-state index contributed by atoms with van der Waals surface area (Å²) in [7, 11) is 0. The number of nitrogens with zero attached hydrogens (tertiary/aromatic N) is 1. The van der Waals surface area contributed by atoms with Crippen molar-refractivity contribution in [3.8, 4) is 0 Å². The molecule has 1 atom stereocenters. The Bertz CT molecular complexity index is 266. The standard InChI is InChI=1S/C11H17N3.3ClH/c1-2-11(9-13-5-1)14-8-10-3-6-12-7-4-10;;;/h3-4,6-7,11,13-14H,1-2,5,8-9H2;3*1H/t11-;;;/m1.../s1. The second-order valence-corrected chi connectivity index (χ2v) is 3.78. The molecule has 2 N–H and O–H groups in total. The first-order valence-electron chi connectivity index (χ1n) is 5.28. The van der Waals surface area contributed by atoms with Crippen molar-refractivity contribution in [2.75, 3.05) is 13.1 Å². The van der Waals surface area contributed by atoms with Gasteiger partial charge in [0.05, 0.1) is 0 Å². The van der Waals surface area contributed by atoms with Crippen LogP contribution in [-0.4, -0.2) is 24.1 Å². The first-order chi connectivity index (χ1) is 6.95. The molecule has 1 saturated heterocycles. The lowest BCUT2D eigenvalue weighted by atomic mass is 10.1. The summed E-state index contributed by atoms with van der Waals surface area (Å²) < 4.78 is 0. The van der Waals surface area contributed by atoms with E-state index in [1.165, 1.54) is 24.9 Å². The summed E-state index contributed by atoms with van der Waals surface area (Å²) in [6.07, 6.45) is 6.26. The molecule has 1 aromatic rings. The molecule has 0 spiro atoms. The Labute approximate surface area is 121 Å². The molecule has 0 unspecified atom stereocenters. The van der Waals surface area contributed by atoms with Gasteiger partial charge in [0.2, 0.25) is 0 Å². The van der Waals surface area contributed by atoms with Crippen molar-refractivity contribution in [2.45, 2.75) is 25.4 Å². The van der Waals surface area contributed by atoms with Gasteiger partial charge >= 0.3 is 0 Å². The van der Waals surface area contributed by atoms with E-state index in [0.29, 0.717) is 6.04 Å². The van der Waals surface area contributed by atoms with Gasteiger partial charge in [-0.2, -0.15) is 0 Å². The van der Waals surface area contributed by atoms with E-state index in [9.17, 15) is 0 Å². The van der Waals surface area contributed by atoms with Crippen molar-refractivity contribution in [3.63, 3.8) is 0 Å². The minimum atomic E-state index is 0. The quantitative estimate of drug-likeness (QED) is 0.898. The van der Waals surface area contributed by atoms with E-state index in [2.05, 4.69) is 27.8 Å². The lowest BCUT2D eigenvalue weighted by molar-refractivity contribution is 0.389. The van der Waals surface area contributed by atoms with Crippen LogP contribution in [0.15, 0.2) is 24.5 Å². The van der Waals surface area contributed by atoms with Gasteiger partial charge in [-0.25, -0.2) is 0 Å². The van der Waals surface area contributed by atoms with Crippen LogP contribution in [0.4, 0.5) is 0 Å². The fraction of sp³-hybridized carbons (Fsp3) is 0.545. The highest BCUT2D eigenvalue weighted by molar-refractivity contribution is 5.86. The first kappa shape index (κ1) is 19.3. The number of halogens is 3. The minimum absolute atomic E-state index is 0. The second-order valence-electron chi connectivity index (χ2n) is 3.78. The van der Waals surface area contributed by atoms with Gasteiger partial charge in [0.1, 0.15) is 0 Å². The van der Waals surface area contributed by atoms with Crippen molar-refractivity contribution < 1.29 is 0 Å². The normalized spacial score (nSPS) is 18.2. The van der Waals surface area contributed by atoms with Crippen LogP contribution in [0.5, 0.6) is 0 Å². The van der Waals surface area contributed by atoms with Crippen molar-refractivity contribution >= 4 is 37.2 Å². The zero-order chi connectivity index (χ0) is 9.64. The molecular formula is C11H20Cl3N3. The van der Waals surface area contributed by atoms with Crippen molar-refractivity contribution in [3.05, 3.63) is 30.1 Å². The predicted octanol–water partition coefficient (Wildman–Crippen LogP) is 2.19. The maximum Gasteiger partial charge on any atom is 0.0271 e. The van der Waals surface area contributed by atoms with Crippen LogP contribution in [0.25, 0.3) is 0 Å². The third kappa shape index (κ3) is 7.06. The molecule has 17 heavy (non-hydrogen) atoms. The molecule has 1 fully saturated rings. The zero-order valence-electron chi connectivity index (χ0n) is 9.59. The topological polar surface area (TPSA) is 37.0 Å². The molecule has 1 aliphatic rings. The molecule has 0 aromatic carbocycles. The number of aromatic nitrogens is 1. The number of piperidine rings is 1. The Balaban J connectivity index is 0. The Morgan fingerprint density at radius 1 is 1.24 bits per heavy atom. The molecule has 2 rings (SSSR count). The highest BCUT2D eigenvalue weighted by Gasteiger charge is 2.11. The van der Waals surface area contributed by atoms with Crippen LogP contribution in [0, 0.1) is 0 Å². The number of hydrogen-bond acceptors (Lipinski definition) is 3. The predicted molar refractivity (Wildman–Crippen MR) is 78.7 cm³/mol. The third-order valence-electron chi connectivity index (χ3n) is 2.64. The van der Waals surface area contributed by atoms with Gasteiger partial charge in [-0.15, -0.1) is 37.2 Å². The molecule has 1 aromatic heterocycles. The SMILES string of the molecule is Cl.Cl.Cl.c1cc(CN[C@@H]2CCCNC2)ccn1. The molecule has 0 saturated carbocycles. The van der Waals surface area contributed by atoms with Crippen LogP contribution < -0.4 is 10.6 Å². The summed E-state index contributed by atoms with van der Waals surface area (Å²) in [6, 6.07) is 4.75. The Morgan fingerprint density at radius 2 is 1.94 bits per heavy atom. The summed E-state index contributed by atoms with van der Waals surface area (Å²) in [5.41, 5.74) is 1.31. The number of nitrogens with one attached hydrogen (secondary N) is 2. The van der Waals surface area contributed by atoms with Crippen LogP contribution in [0.2, 0.25) is 0 Å². The molecule has 0 aliphatic carbocycles. The van der Waals surface area contributed by atoms with E-state index < -0.39 is 0 Å². The first-order valence-corrected chi connectivity index (χ1v) is 5.28. The lowest BCUT2D eigenvalue weighted by Gasteiger charge is -2.23. The smallest absolute Gasteiger partial charge is 0.0271 e. The van der Waals surface area contributed by atoms with Gasteiger partial charge in [-0.05, 0) is 37.1 Å². The number of pyridine rings is 1. The summed E-state index contributed by atoms with van der Waals surface area (Å²) in [6.45, 7) is 3.23. The highest BCUT2D eigenvalue weighted by atomic mass is 35.5. The zero-order valence-corrected chi connectivity index (χ0v) is 12.0. The van der Waals surface area contributed by atoms with Crippen molar-refractivity contribution in [2.24, 2.45) is 0 Å². The van der Waals surface area contributed by atoms with E-state index in [-0.39, 0.29) is 37.2 Å².